The van der Waals surface area contributed by atoms with Crippen LogP contribution in [0.4, 0.5) is 0 Å². The summed E-state index contributed by atoms with van der Waals surface area (Å²) in [4.78, 5) is 11.8. The number of carbonyl (C=O) groups is 1. The maximum Gasteiger partial charge on any atom is 0.221 e. The Labute approximate surface area is 117 Å². The Bertz CT molecular complexity index is 403. The molecule has 7 heteroatoms. The number of nitrogens with zero attached hydrogens (tertiary/aromatic N) is 4. The van der Waals surface area contributed by atoms with Crippen LogP contribution < -0.4 is 5.32 Å². The highest BCUT2D eigenvalue weighted by Gasteiger charge is 2.15. The van der Waals surface area contributed by atoms with E-state index in [2.05, 4.69) is 20.8 Å². The molecule has 0 aromatic carbocycles. The highest BCUT2D eigenvalue weighted by Crippen LogP contribution is 2.18. The van der Waals surface area contributed by atoms with Crippen LogP contribution in [-0.2, 0) is 11.3 Å². The second kappa shape index (κ2) is 7.47. The third kappa shape index (κ3) is 4.49. The summed E-state index contributed by atoms with van der Waals surface area (Å²) in [6, 6.07) is 0.396. The monoisotopic (exact) mass is 283 g/mol. The fourth-order valence-electron chi connectivity index (χ4n) is 2.28. The molecule has 19 heavy (non-hydrogen) atoms. The van der Waals surface area contributed by atoms with E-state index < -0.39 is 0 Å². The number of thioether (sulfide) groups is 1. The normalized spacial score (nSPS) is 16.5. The van der Waals surface area contributed by atoms with Crippen molar-refractivity contribution in [3.05, 3.63) is 0 Å². The number of carbonyl (C=O) groups excluding carboxylic acids is 1. The SMILES string of the molecule is CCn1nnnc1SCCC(=O)NC1CCCCC1. The van der Waals surface area contributed by atoms with E-state index in [-0.39, 0.29) is 5.91 Å². The third-order valence-corrected chi connectivity index (χ3v) is 4.29. The minimum atomic E-state index is 0.148. The van der Waals surface area contributed by atoms with E-state index in [0.29, 0.717) is 12.5 Å². The van der Waals surface area contributed by atoms with E-state index in [0.717, 1.165) is 30.3 Å². The van der Waals surface area contributed by atoms with Gasteiger partial charge in [-0.3, -0.25) is 4.79 Å². The molecule has 1 N–H and O–H groups in total. The predicted octanol–water partition coefficient (Wildman–Crippen LogP) is 1.62. The Balaban J connectivity index is 1.66. The molecular weight excluding hydrogens is 262 g/mol. The molecule has 6 nitrogen and oxygen atoms in total. The topological polar surface area (TPSA) is 72.7 Å². The zero-order chi connectivity index (χ0) is 13.5. The van der Waals surface area contributed by atoms with Gasteiger partial charge in [0.1, 0.15) is 0 Å². The lowest BCUT2D eigenvalue weighted by Gasteiger charge is -2.22. The van der Waals surface area contributed by atoms with Gasteiger partial charge in [0, 0.05) is 24.8 Å². The van der Waals surface area contributed by atoms with Crippen molar-refractivity contribution < 1.29 is 4.79 Å². The highest BCUT2D eigenvalue weighted by molar-refractivity contribution is 7.99. The third-order valence-electron chi connectivity index (χ3n) is 3.33. The maximum atomic E-state index is 11.8. The van der Waals surface area contributed by atoms with Crippen LogP contribution in [0.3, 0.4) is 0 Å². The van der Waals surface area contributed by atoms with Crippen molar-refractivity contribution in [3.8, 4) is 0 Å². The number of amides is 1. The summed E-state index contributed by atoms with van der Waals surface area (Å²) < 4.78 is 1.74. The van der Waals surface area contributed by atoms with Gasteiger partial charge in [-0.05, 0) is 30.2 Å². The molecule has 0 saturated heterocycles. The summed E-state index contributed by atoms with van der Waals surface area (Å²) in [5.74, 6) is 0.869. The van der Waals surface area contributed by atoms with Gasteiger partial charge in [-0.2, -0.15) is 0 Å². The molecule has 1 heterocycles. The summed E-state index contributed by atoms with van der Waals surface area (Å²) in [6.07, 6.45) is 6.58. The zero-order valence-electron chi connectivity index (χ0n) is 11.3. The molecule has 1 saturated carbocycles. The number of aryl methyl sites for hydroxylation is 1. The van der Waals surface area contributed by atoms with E-state index in [1.54, 1.807) is 4.68 Å². The molecule has 1 aliphatic carbocycles. The molecule has 0 bridgehead atoms. The van der Waals surface area contributed by atoms with Crippen LogP contribution in [0.25, 0.3) is 0 Å². The Kier molecular flexibility index (Phi) is 5.62. The van der Waals surface area contributed by atoms with Gasteiger partial charge in [0.2, 0.25) is 11.1 Å². The molecule has 0 radical (unpaired) electrons. The largest absolute Gasteiger partial charge is 0.353 e. The lowest BCUT2D eigenvalue weighted by atomic mass is 9.95. The van der Waals surface area contributed by atoms with Crippen molar-refractivity contribution in [3.63, 3.8) is 0 Å². The first-order valence-electron chi connectivity index (χ1n) is 6.98. The summed E-state index contributed by atoms with van der Waals surface area (Å²) in [5, 5.41) is 15.3. The first-order valence-corrected chi connectivity index (χ1v) is 7.96. The lowest BCUT2D eigenvalue weighted by Crippen LogP contribution is -2.36. The van der Waals surface area contributed by atoms with Crippen LogP contribution in [-0.4, -0.2) is 37.9 Å². The fraction of sp³-hybridized carbons (Fsp3) is 0.833. The van der Waals surface area contributed by atoms with Gasteiger partial charge in [0.15, 0.2) is 0 Å². The van der Waals surface area contributed by atoms with Crippen LogP contribution in [0, 0.1) is 0 Å². The van der Waals surface area contributed by atoms with Gasteiger partial charge in [-0.15, -0.1) is 5.10 Å². The smallest absolute Gasteiger partial charge is 0.221 e. The summed E-state index contributed by atoms with van der Waals surface area (Å²) in [6.45, 7) is 2.75. The number of rotatable bonds is 6. The minimum absolute atomic E-state index is 0.148. The molecule has 1 fully saturated rings. The number of aromatic nitrogens is 4. The Hall–Kier alpha value is -1.11. The standard InChI is InChI=1S/C12H21N5OS/c1-2-17-12(14-15-16-17)19-9-8-11(18)13-10-6-4-3-5-7-10/h10H,2-9H2,1H3,(H,13,18). The quantitative estimate of drug-likeness (QED) is 0.803. The molecule has 1 aliphatic rings. The van der Waals surface area contributed by atoms with Crippen LogP contribution in [0.1, 0.15) is 45.4 Å². The molecule has 0 atom stereocenters. The Morgan fingerprint density at radius 2 is 2.21 bits per heavy atom. The summed E-state index contributed by atoms with van der Waals surface area (Å²) in [5.41, 5.74) is 0. The van der Waals surface area contributed by atoms with Gasteiger partial charge in [0.05, 0.1) is 0 Å². The first kappa shape index (κ1) is 14.3. The van der Waals surface area contributed by atoms with Crippen molar-refractivity contribution in [2.75, 3.05) is 5.75 Å². The van der Waals surface area contributed by atoms with Crippen LogP contribution in [0.15, 0.2) is 5.16 Å². The van der Waals surface area contributed by atoms with Gasteiger partial charge < -0.3 is 5.32 Å². The van der Waals surface area contributed by atoms with Crippen molar-refractivity contribution >= 4 is 17.7 Å². The Morgan fingerprint density at radius 1 is 1.42 bits per heavy atom. The van der Waals surface area contributed by atoms with E-state index in [1.807, 2.05) is 6.92 Å². The van der Waals surface area contributed by atoms with Crippen LogP contribution >= 0.6 is 11.8 Å². The van der Waals surface area contributed by atoms with Crippen LogP contribution in [0.5, 0.6) is 0 Å². The van der Waals surface area contributed by atoms with E-state index in [1.165, 1.54) is 31.0 Å². The van der Waals surface area contributed by atoms with Crippen LogP contribution in [0.2, 0.25) is 0 Å². The number of nitrogens with one attached hydrogen (secondary N) is 1. The molecule has 0 spiro atoms. The minimum Gasteiger partial charge on any atom is -0.353 e. The second-order valence-corrected chi connectivity index (χ2v) is 5.84. The molecule has 1 aromatic heterocycles. The van der Waals surface area contributed by atoms with Crippen molar-refractivity contribution in [1.82, 2.24) is 25.5 Å². The average Bonchev–Trinajstić information content (AvgIpc) is 2.87. The zero-order valence-corrected chi connectivity index (χ0v) is 12.2. The van der Waals surface area contributed by atoms with Gasteiger partial charge in [0.25, 0.3) is 0 Å². The van der Waals surface area contributed by atoms with E-state index in [4.69, 9.17) is 0 Å². The molecule has 106 valence electrons. The molecule has 1 amide bonds. The lowest BCUT2D eigenvalue weighted by molar-refractivity contribution is -0.121. The number of hydrogen-bond donors (Lipinski definition) is 1. The first-order chi connectivity index (χ1) is 9.29. The van der Waals surface area contributed by atoms with Gasteiger partial charge in [-0.25, -0.2) is 4.68 Å². The summed E-state index contributed by atoms with van der Waals surface area (Å²) >= 11 is 1.53. The van der Waals surface area contributed by atoms with E-state index >= 15 is 0 Å². The molecule has 1 aromatic rings. The molecule has 0 unspecified atom stereocenters. The number of hydrogen-bond acceptors (Lipinski definition) is 5. The fourth-order valence-corrected chi connectivity index (χ4v) is 3.16. The predicted molar refractivity (Wildman–Crippen MR) is 73.8 cm³/mol. The van der Waals surface area contributed by atoms with Crippen molar-refractivity contribution in [2.24, 2.45) is 0 Å². The molecule has 2 rings (SSSR count). The molecule has 0 aliphatic heterocycles. The van der Waals surface area contributed by atoms with Crippen molar-refractivity contribution in [1.29, 1.82) is 0 Å². The maximum absolute atomic E-state index is 11.8. The van der Waals surface area contributed by atoms with Gasteiger partial charge >= 0.3 is 0 Å². The van der Waals surface area contributed by atoms with Crippen molar-refractivity contribution in [2.45, 2.75) is 63.2 Å². The average molecular weight is 283 g/mol. The van der Waals surface area contributed by atoms with E-state index in [9.17, 15) is 4.79 Å². The second-order valence-electron chi connectivity index (χ2n) is 4.78. The summed E-state index contributed by atoms with van der Waals surface area (Å²) in [7, 11) is 0. The molecular formula is C12H21N5OS. The Morgan fingerprint density at radius 3 is 2.95 bits per heavy atom. The number of tetrazole rings is 1. The van der Waals surface area contributed by atoms with Gasteiger partial charge in [-0.1, -0.05) is 31.0 Å². The highest BCUT2D eigenvalue weighted by atomic mass is 32.2.